The molecule has 44 heavy (non-hydrogen) atoms. The number of alkyl halides is 8. The maximum Gasteiger partial charge on any atom is 0.419 e. The molecule has 0 heterocycles. The van der Waals surface area contributed by atoms with Gasteiger partial charge in [0.15, 0.2) is 5.82 Å². The van der Waals surface area contributed by atoms with Crippen LogP contribution in [0.1, 0.15) is 27.4 Å². The third-order valence-electron chi connectivity index (χ3n) is 6.30. The summed E-state index contributed by atoms with van der Waals surface area (Å²) in [5, 5.41) is 0.910. The Kier molecular flexibility index (Phi) is 9.06. The van der Waals surface area contributed by atoms with Gasteiger partial charge in [-0.25, -0.2) is 13.2 Å². The van der Waals surface area contributed by atoms with Crippen molar-refractivity contribution in [2.45, 2.75) is 21.8 Å². The molecule has 0 aromatic heterocycles. The molecular weight excluding hydrogens is 696 g/mol. The van der Waals surface area contributed by atoms with Crippen molar-refractivity contribution in [3.8, 4) is 0 Å². The number of benzene rings is 3. The van der Waals surface area contributed by atoms with Crippen molar-refractivity contribution in [1.82, 2.24) is 0 Å². The number of amides is 3. The number of carbonyl (C=O) groups excluding carboxylic acids is 3. The molecule has 0 aliphatic heterocycles. The fraction of sp³-hybridized carbons (Fsp3) is 0.192. The van der Waals surface area contributed by atoms with E-state index >= 15 is 0 Å². The largest absolute Gasteiger partial charge is 0.419 e. The highest BCUT2D eigenvalue weighted by Crippen LogP contribution is 2.65. The van der Waals surface area contributed by atoms with E-state index in [0.717, 1.165) is 18.2 Å². The van der Waals surface area contributed by atoms with E-state index in [-0.39, 0.29) is 16.3 Å². The molecule has 2 atom stereocenters. The van der Waals surface area contributed by atoms with Crippen LogP contribution in [0.5, 0.6) is 0 Å². The summed E-state index contributed by atoms with van der Waals surface area (Å²) >= 11 is 22.9. The Balaban J connectivity index is 1.53. The van der Waals surface area contributed by atoms with Crippen molar-refractivity contribution in [3.05, 3.63) is 87.7 Å². The zero-order chi connectivity index (χ0) is 32.9. The van der Waals surface area contributed by atoms with Gasteiger partial charge in [-0.2, -0.15) is 22.0 Å². The number of hydrogen-bond donors (Lipinski definition) is 3. The highest BCUT2D eigenvalue weighted by Gasteiger charge is 2.67. The summed E-state index contributed by atoms with van der Waals surface area (Å²) in [6.07, 6.45) is -5.03. The average molecular weight is 709 g/mol. The first-order valence-electron chi connectivity index (χ1n) is 11.8. The highest BCUT2D eigenvalue weighted by atomic mass is 35.5. The summed E-state index contributed by atoms with van der Waals surface area (Å²) < 4.78 is 106. The molecule has 6 nitrogen and oxygen atoms in total. The second-order valence-electron chi connectivity index (χ2n) is 9.24. The lowest BCUT2D eigenvalue weighted by atomic mass is 10.0. The van der Waals surface area contributed by atoms with E-state index in [9.17, 15) is 49.5 Å². The second-order valence-corrected chi connectivity index (χ2v) is 11.6. The van der Waals surface area contributed by atoms with Crippen LogP contribution in [0.2, 0.25) is 5.02 Å². The van der Waals surface area contributed by atoms with E-state index in [2.05, 4.69) is 16.9 Å². The van der Waals surface area contributed by atoms with Crippen LogP contribution >= 0.6 is 46.4 Å². The minimum Gasteiger partial charge on any atom is -0.326 e. The van der Waals surface area contributed by atoms with Crippen molar-refractivity contribution in [2.24, 2.45) is 5.92 Å². The predicted octanol–water partition coefficient (Wildman–Crippen LogP) is 8.32. The van der Waals surface area contributed by atoms with Crippen LogP contribution in [0.25, 0.3) is 0 Å². The van der Waals surface area contributed by atoms with Gasteiger partial charge < -0.3 is 16.0 Å². The minimum absolute atomic E-state index is 0.105. The molecule has 1 aliphatic rings. The molecule has 0 radical (unpaired) electrons. The topological polar surface area (TPSA) is 87.3 Å². The zero-order valence-corrected chi connectivity index (χ0v) is 24.1. The Labute approximate surface area is 261 Å². The van der Waals surface area contributed by atoms with Crippen molar-refractivity contribution < 1.29 is 49.5 Å². The monoisotopic (exact) mass is 707 g/mol. The zero-order valence-electron chi connectivity index (χ0n) is 21.0. The van der Waals surface area contributed by atoms with Crippen molar-refractivity contribution in [2.75, 3.05) is 16.0 Å². The quantitative estimate of drug-likeness (QED) is 0.170. The number of anilines is 3. The van der Waals surface area contributed by atoms with E-state index in [4.69, 9.17) is 34.8 Å². The van der Waals surface area contributed by atoms with Gasteiger partial charge in [0, 0.05) is 11.6 Å². The van der Waals surface area contributed by atoms with Gasteiger partial charge in [-0.15, -0.1) is 23.2 Å². The molecular formula is C26H13Cl4F8N3O3. The van der Waals surface area contributed by atoms with Crippen LogP contribution in [0.4, 0.5) is 52.2 Å². The van der Waals surface area contributed by atoms with Crippen molar-refractivity contribution in [3.63, 3.8) is 0 Å². The Hall–Kier alpha value is -3.33. The summed E-state index contributed by atoms with van der Waals surface area (Å²) in [5.41, 5.74) is -4.36. The van der Waals surface area contributed by atoms with Crippen LogP contribution in [0.15, 0.2) is 48.5 Å². The molecule has 1 aliphatic carbocycles. The maximum absolute atomic E-state index is 14.8. The molecule has 3 aromatic carbocycles. The Morgan fingerprint density at radius 2 is 1.45 bits per heavy atom. The van der Waals surface area contributed by atoms with Crippen molar-refractivity contribution in [1.29, 1.82) is 0 Å². The molecule has 0 bridgehead atoms. The number of carbonyl (C=O) groups is 3. The number of hydrogen-bond acceptors (Lipinski definition) is 3. The minimum atomic E-state index is -5.03. The SMILES string of the molecule is O=C(Nc1ccc(F)c(NC(=O)C(F)(F)Cl)c1F)c1cc(NC(=O)[C@H]2[C@H](c3ccc(F)c(C(F)(F)F)c3)C2(Cl)Cl)ccc1Cl. The first-order valence-corrected chi connectivity index (χ1v) is 13.3. The van der Waals surface area contributed by atoms with Gasteiger partial charge in [-0.05, 0) is 59.6 Å². The number of nitrogens with one attached hydrogen (secondary N) is 3. The van der Waals surface area contributed by atoms with E-state index in [1.54, 1.807) is 0 Å². The molecule has 0 saturated heterocycles. The van der Waals surface area contributed by atoms with Crippen LogP contribution in [0.3, 0.4) is 0 Å². The number of halogens is 12. The summed E-state index contributed by atoms with van der Waals surface area (Å²) in [7, 11) is 0. The van der Waals surface area contributed by atoms with Gasteiger partial charge >= 0.3 is 17.5 Å². The van der Waals surface area contributed by atoms with Crippen LogP contribution in [-0.4, -0.2) is 27.4 Å². The van der Waals surface area contributed by atoms with Gasteiger partial charge in [0.1, 0.15) is 21.7 Å². The van der Waals surface area contributed by atoms with Crippen molar-refractivity contribution >= 4 is 81.2 Å². The van der Waals surface area contributed by atoms with Crippen LogP contribution < -0.4 is 16.0 Å². The smallest absolute Gasteiger partial charge is 0.326 e. The Bertz CT molecular complexity index is 1680. The van der Waals surface area contributed by atoms with Gasteiger partial charge in [0.2, 0.25) is 5.91 Å². The van der Waals surface area contributed by atoms with Crippen LogP contribution in [0, 0.1) is 23.4 Å². The van der Waals surface area contributed by atoms with E-state index in [1.807, 2.05) is 5.32 Å². The third kappa shape index (κ3) is 6.82. The van der Waals surface area contributed by atoms with Crippen LogP contribution in [-0.2, 0) is 15.8 Å². The molecule has 3 N–H and O–H groups in total. The molecule has 18 heteroatoms. The molecule has 1 saturated carbocycles. The summed E-state index contributed by atoms with van der Waals surface area (Å²) in [6, 6.07) is 6.68. The van der Waals surface area contributed by atoms with Gasteiger partial charge in [0.25, 0.3) is 5.91 Å². The van der Waals surface area contributed by atoms with E-state index < -0.39 is 85.4 Å². The fourth-order valence-corrected chi connectivity index (χ4v) is 5.23. The summed E-state index contributed by atoms with van der Waals surface area (Å²) in [4.78, 5) is 37.2. The molecule has 234 valence electrons. The molecule has 0 unspecified atom stereocenters. The normalized spacial score (nSPS) is 17.5. The fourth-order valence-electron chi connectivity index (χ4n) is 4.16. The number of rotatable bonds is 7. The lowest BCUT2D eigenvalue weighted by Crippen LogP contribution is -2.30. The Morgan fingerprint density at radius 3 is 2.07 bits per heavy atom. The molecule has 3 amide bonds. The van der Waals surface area contributed by atoms with E-state index in [0.29, 0.717) is 24.3 Å². The standard InChI is InChI=1S/C26H13Cl4F8N3O3/c27-13-3-2-10(39-22(43)18-17(24(18,28)29)9-1-4-14(31)12(7-9)26(36,37)38)8-11(13)21(42)40-16-6-5-15(32)20(19(16)33)41-23(44)25(30,34)35/h1-8,17-18H,(H,39,43)(H,40,42)(H,41,44)/t17-,18+/m0/s1. The Morgan fingerprint density at radius 1 is 0.818 bits per heavy atom. The van der Waals surface area contributed by atoms with E-state index in [1.165, 1.54) is 11.4 Å². The van der Waals surface area contributed by atoms with Gasteiger partial charge in [0.05, 0.1) is 27.8 Å². The first-order chi connectivity index (χ1) is 20.2. The third-order valence-corrected chi connectivity index (χ3v) is 7.75. The molecule has 3 aromatic rings. The summed E-state index contributed by atoms with van der Waals surface area (Å²) in [6.45, 7) is 0. The van der Waals surface area contributed by atoms with Gasteiger partial charge in [-0.3, -0.25) is 14.4 Å². The summed E-state index contributed by atoms with van der Waals surface area (Å²) in [5.74, 6) is -11.4. The lowest BCUT2D eigenvalue weighted by Gasteiger charge is -2.14. The second kappa shape index (κ2) is 11.9. The predicted molar refractivity (Wildman–Crippen MR) is 146 cm³/mol. The average Bonchev–Trinajstić information content (AvgIpc) is 3.49. The first kappa shape index (κ1) is 33.6. The molecule has 0 spiro atoms. The molecule has 1 fully saturated rings. The molecule has 4 rings (SSSR count). The lowest BCUT2D eigenvalue weighted by molar-refractivity contribution is -0.140. The maximum atomic E-state index is 14.8. The highest BCUT2D eigenvalue weighted by molar-refractivity contribution is 6.53. The van der Waals surface area contributed by atoms with Gasteiger partial charge in [-0.1, -0.05) is 17.7 Å².